The summed E-state index contributed by atoms with van der Waals surface area (Å²) in [6.07, 6.45) is -6.36. The summed E-state index contributed by atoms with van der Waals surface area (Å²) in [7, 11) is 1.30. The van der Waals surface area contributed by atoms with Gasteiger partial charge in [-0.1, -0.05) is 0 Å². The van der Waals surface area contributed by atoms with Gasteiger partial charge in [0.1, 0.15) is 0 Å². The van der Waals surface area contributed by atoms with E-state index in [0.717, 1.165) is 0 Å². The maximum absolute atomic E-state index is 11.8. The number of hydrogen-bond acceptors (Lipinski definition) is 3. The molecule has 0 saturated carbocycles. The SMILES string of the molecule is COC(CNC(=O)NCCCC(F)(F)F)CC(=O)O. The molecule has 0 aromatic heterocycles. The number of hydrogen-bond donors (Lipinski definition) is 3. The van der Waals surface area contributed by atoms with Crippen molar-refractivity contribution < 1.29 is 32.6 Å². The molecule has 0 aliphatic heterocycles. The molecule has 0 aliphatic rings. The van der Waals surface area contributed by atoms with Gasteiger partial charge in [0.05, 0.1) is 12.5 Å². The molecule has 0 aromatic rings. The second-order valence-corrected chi connectivity index (χ2v) is 3.81. The highest BCUT2D eigenvalue weighted by Gasteiger charge is 2.25. The summed E-state index contributed by atoms with van der Waals surface area (Å²) in [6.45, 7) is -0.143. The number of methoxy groups -OCH3 is 1. The van der Waals surface area contributed by atoms with E-state index in [1.54, 1.807) is 0 Å². The molecule has 112 valence electrons. The first-order chi connectivity index (χ1) is 8.74. The lowest BCUT2D eigenvalue weighted by Gasteiger charge is -2.14. The molecule has 19 heavy (non-hydrogen) atoms. The molecule has 2 amide bonds. The van der Waals surface area contributed by atoms with Crippen molar-refractivity contribution in [3.05, 3.63) is 0 Å². The lowest BCUT2D eigenvalue weighted by atomic mass is 10.2. The first kappa shape index (κ1) is 17.5. The molecule has 1 atom stereocenters. The molecule has 9 heteroatoms. The Morgan fingerprint density at radius 1 is 1.32 bits per heavy atom. The van der Waals surface area contributed by atoms with Crippen LogP contribution in [0, 0.1) is 0 Å². The number of halogens is 3. The second-order valence-electron chi connectivity index (χ2n) is 3.81. The normalized spacial score (nSPS) is 12.8. The number of alkyl halides is 3. The maximum Gasteiger partial charge on any atom is 0.389 e. The van der Waals surface area contributed by atoms with Crippen LogP contribution in [0.2, 0.25) is 0 Å². The van der Waals surface area contributed by atoms with Crippen molar-refractivity contribution >= 4 is 12.0 Å². The monoisotopic (exact) mass is 286 g/mol. The van der Waals surface area contributed by atoms with Gasteiger partial charge in [-0.05, 0) is 6.42 Å². The lowest BCUT2D eigenvalue weighted by Crippen LogP contribution is -2.41. The summed E-state index contributed by atoms with van der Waals surface area (Å²) in [5, 5.41) is 13.1. The Kier molecular flexibility index (Phi) is 7.89. The predicted octanol–water partition coefficient (Wildman–Crippen LogP) is 1.12. The molecule has 6 nitrogen and oxygen atoms in total. The van der Waals surface area contributed by atoms with E-state index in [1.165, 1.54) is 7.11 Å². The largest absolute Gasteiger partial charge is 0.481 e. The Bertz CT molecular complexity index is 297. The Morgan fingerprint density at radius 3 is 2.42 bits per heavy atom. The van der Waals surface area contributed by atoms with Crippen molar-refractivity contribution in [1.29, 1.82) is 0 Å². The van der Waals surface area contributed by atoms with Gasteiger partial charge in [-0.2, -0.15) is 13.2 Å². The van der Waals surface area contributed by atoms with Gasteiger partial charge in [0.25, 0.3) is 0 Å². The van der Waals surface area contributed by atoms with Gasteiger partial charge in [-0.3, -0.25) is 4.79 Å². The number of urea groups is 1. The van der Waals surface area contributed by atoms with Crippen LogP contribution < -0.4 is 10.6 Å². The van der Waals surface area contributed by atoms with Crippen LogP contribution in [-0.4, -0.2) is 49.6 Å². The average molecular weight is 286 g/mol. The number of carbonyl (C=O) groups excluding carboxylic acids is 1. The first-order valence-corrected chi connectivity index (χ1v) is 5.57. The van der Waals surface area contributed by atoms with E-state index in [-0.39, 0.29) is 25.9 Å². The minimum absolute atomic E-state index is 0.0338. The van der Waals surface area contributed by atoms with Crippen LogP contribution in [-0.2, 0) is 9.53 Å². The quantitative estimate of drug-likeness (QED) is 0.583. The Hall–Kier alpha value is -1.51. The Balaban J connectivity index is 3.71. The molecular formula is C10H17F3N2O4. The van der Waals surface area contributed by atoms with Crippen LogP contribution in [0.25, 0.3) is 0 Å². The molecule has 0 spiro atoms. The van der Waals surface area contributed by atoms with Crippen molar-refractivity contribution in [1.82, 2.24) is 10.6 Å². The van der Waals surface area contributed by atoms with Crippen LogP contribution in [0.5, 0.6) is 0 Å². The smallest absolute Gasteiger partial charge is 0.389 e. The van der Waals surface area contributed by atoms with Crippen molar-refractivity contribution in [3.63, 3.8) is 0 Å². The van der Waals surface area contributed by atoms with E-state index in [0.29, 0.717) is 0 Å². The van der Waals surface area contributed by atoms with Gasteiger partial charge in [0, 0.05) is 26.6 Å². The summed E-state index contributed by atoms with van der Waals surface area (Å²) < 4.78 is 40.2. The van der Waals surface area contributed by atoms with Gasteiger partial charge in [0.15, 0.2) is 0 Å². The van der Waals surface area contributed by atoms with Crippen molar-refractivity contribution in [2.45, 2.75) is 31.5 Å². The number of amides is 2. The highest BCUT2D eigenvalue weighted by Crippen LogP contribution is 2.20. The molecular weight excluding hydrogens is 269 g/mol. The first-order valence-electron chi connectivity index (χ1n) is 5.57. The van der Waals surface area contributed by atoms with Gasteiger partial charge in [0.2, 0.25) is 0 Å². The van der Waals surface area contributed by atoms with Gasteiger partial charge in [-0.15, -0.1) is 0 Å². The minimum Gasteiger partial charge on any atom is -0.481 e. The van der Waals surface area contributed by atoms with Crippen LogP contribution in [0.4, 0.5) is 18.0 Å². The molecule has 1 unspecified atom stereocenters. The molecule has 0 heterocycles. The van der Waals surface area contributed by atoms with Crippen LogP contribution >= 0.6 is 0 Å². The molecule has 0 rings (SSSR count). The number of carboxylic acids is 1. The van der Waals surface area contributed by atoms with Gasteiger partial charge in [-0.25, -0.2) is 4.79 Å². The number of carboxylic acid groups (broad SMARTS) is 1. The highest BCUT2D eigenvalue weighted by molar-refractivity contribution is 5.74. The number of nitrogens with one attached hydrogen (secondary N) is 2. The molecule has 3 N–H and O–H groups in total. The van der Waals surface area contributed by atoms with Crippen molar-refractivity contribution in [3.8, 4) is 0 Å². The van der Waals surface area contributed by atoms with Crippen LogP contribution in [0.15, 0.2) is 0 Å². The third-order valence-electron chi connectivity index (χ3n) is 2.15. The summed E-state index contributed by atoms with van der Waals surface area (Å²) in [4.78, 5) is 21.6. The number of carbonyl (C=O) groups is 2. The average Bonchev–Trinajstić information content (AvgIpc) is 2.28. The summed E-state index contributed by atoms with van der Waals surface area (Å²) in [5.41, 5.74) is 0. The Morgan fingerprint density at radius 2 is 1.95 bits per heavy atom. The Labute approximate surface area is 108 Å². The maximum atomic E-state index is 11.8. The van der Waals surface area contributed by atoms with E-state index < -0.39 is 30.7 Å². The van der Waals surface area contributed by atoms with E-state index in [9.17, 15) is 22.8 Å². The fourth-order valence-electron chi connectivity index (χ4n) is 1.19. The molecule has 0 aliphatic carbocycles. The third-order valence-corrected chi connectivity index (χ3v) is 2.15. The molecule has 0 bridgehead atoms. The fraction of sp³-hybridized carbons (Fsp3) is 0.800. The lowest BCUT2D eigenvalue weighted by molar-refractivity contribution is -0.139. The van der Waals surface area contributed by atoms with Crippen LogP contribution in [0.1, 0.15) is 19.3 Å². The number of aliphatic carboxylic acids is 1. The van der Waals surface area contributed by atoms with E-state index >= 15 is 0 Å². The van der Waals surface area contributed by atoms with Crippen LogP contribution in [0.3, 0.4) is 0 Å². The van der Waals surface area contributed by atoms with E-state index in [2.05, 4.69) is 10.6 Å². The van der Waals surface area contributed by atoms with Crippen molar-refractivity contribution in [2.24, 2.45) is 0 Å². The van der Waals surface area contributed by atoms with E-state index in [4.69, 9.17) is 9.84 Å². The molecule has 0 saturated heterocycles. The predicted molar refractivity (Wildman–Crippen MR) is 59.7 cm³/mol. The number of rotatable bonds is 8. The zero-order chi connectivity index (χ0) is 14.9. The van der Waals surface area contributed by atoms with E-state index in [1.807, 2.05) is 0 Å². The fourth-order valence-corrected chi connectivity index (χ4v) is 1.19. The molecule has 0 fully saturated rings. The molecule has 0 aromatic carbocycles. The second kappa shape index (κ2) is 8.57. The third kappa shape index (κ3) is 11.3. The highest BCUT2D eigenvalue weighted by atomic mass is 19.4. The standard InChI is InChI=1S/C10H17F3N2O4/c1-19-7(5-8(16)17)6-15-9(18)14-4-2-3-10(11,12)13/h7H,2-6H2,1H3,(H,16,17)(H2,14,15,18). The summed E-state index contributed by atoms with van der Waals surface area (Å²) in [5.74, 6) is -1.07. The zero-order valence-electron chi connectivity index (χ0n) is 10.4. The topological polar surface area (TPSA) is 87.7 Å². The van der Waals surface area contributed by atoms with Gasteiger partial charge < -0.3 is 20.5 Å². The van der Waals surface area contributed by atoms with Crippen molar-refractivity contribution in [2.75, 3.05) is 20.2 Å². The summed E-state index contributed by atoms with van der Waals surface area (Å²) in [6, 6.07) is -0.658. The minimum atomic E-state index is -4.24. The number of ether oxygens (including phenoxy) is 1. The van der Waals surface area contributed by atoms with Gasteiger partial charge >= 0.3 is 18.2 Å². The summed E-state index contributed by atoms with van der Waals surface area (Å²) >= 11 is 0. The zero-order valence-corrected chi connectivity index (χ0v) is 10.4. The molecule has 0 radical (unpaired) electrons.